The van der Waals surface area contributed by atoms with Crippen LogP contribution in [0.3, 0.4) is 0 Å². The Morgan fingerprint density at radius 3 is 2.71 bits per heavy atom. The molecule has 1 aromatic rings. The molecule has 1 amide bonds. The second-order valence-corrected chi connectivity index (χ2v) is 7.32. The number of likely N-dealkylation sites (tertiary alicyclic amines) is 2. The minimum Gasteiger partial charge on any atom is -0.392 e. The lowest BCUT2D eigenvalue weighted by molar-refractivity contribution is -0.127. The van der Waals surface area contributed by atoms with E-state index in [1.807, 2.05) is 35.2 Å². The van der Waals surface area contributed by atoms with Gasteiger partial charge in [0, 0.05) is 43.8 Å². The maximum atomic E-state index is 12.4. The average Bonchev–Trinajstić information content (AvgIpc) is 2.99. The smallest absolute Gasteiger partial charge is 0.246 e. The molecule has 2 atom stereocenters. The van der Waals surface area contributed by atoms with Crippen LogP contribution in [-0.4, -0.2) is 59.6 Å². The molecule has 2 heterocycles. The summed E-state index contributed by atoms with van der Waals surface area (Å²) < 4.78 is 0. The van der Waals surface area contributed by atoms with Gasteiger partial charge in [-0.3, -0.25) is 4.79 Å². The highest BCUT2D eigenvalue weighted by Crippen LogP contribution is 2.20. The maximum Gasteiger partial charge on any atom is 0.246 e. The van der Waals surface area contributed by atoms with Crippen molar-refractivity contribution in [2.75, 3.05) is 32.7 Å². The van der Waals surface area contributed by atoms with E-state index in [-0.39, 0.29) is 12.0 Å². The number of hydrogen-bond donors (Lipinski definition) is 1. The van der Waals surface area contributed by atoms with E-state index in [1.165, 1.54) is 0 Å². The van der Waals surface area contributed by atoms with Gasteiger partial charge in [0.1, 0.15) is 0 Å². The van der Waals surface area contributed by atoms with Gasteiger partial charge in [-0.05, 0) is 49.0 Å². The van der Waals surface area contributed by atoms with Crippen molar-refractivity contribution in [3.63, 3.8) is 0 Å². The number of aliphatic hydroxyl groups is 1. The molecule has 2 unspecified atom stereocenters. The predicted molar refractivity (Wildman–Crippen MR) is 96.9 cm³/mol. The van der Waals surface area contributed by atoms with Gasteiger partial charge in [-0.15, -0.1) is 0 Å². The molecule has 1 aromatic carbocycles. The molecule has 130 valence electrons. The summed E-state index contributed by atoms with van der Waals surface area (Å²) in [6, 6.07) is 7.47. The summed E-state index contributed by atoms with van der Waals surface area (Å²) in [6.07, 6.45) is 6.43. The highest BCUT2D eigenvalue weighted by atomic mass is 35.5. The normalized spacial score (nSPS) is 25.5. The molecule has 0 aliphatic carbocycles. The largest absolute Gasteiger partial charge is 0.392 e. The Labute approximate surface area is 148 Å². The lowest BCUT2D eigenvalue weighted by Crippen LogP contribution is -2.43. The van der Waals surface area contributed by atoms with E-state index in [2.05, 4.69) is 4.90 Å². The van der Waals surface area contributed by atoms with Crippen molar-refractivity contribution in [1.82, 2.24) is 9.80 Å². The minimum atomic E-state index is -0.173. The number of nitrogens with zero attached hydrogens (tertiary/aromatic N) is 2. The van der Waals surface area contributed by atoms with Crippen LogP contribution in [0, 0.1) is 5.92 Å². The minimum absolute atomic E-state index is 0.0797. The SMILES string of the molecule is O=C(/C=C/c1ccc(Cl)cc1)N1CCCC(CN2CCC(O)C2)C1. The first-order chi connectivity index (χ1) is 11.6. The second-order valence-electron chi connectivity index (χ2n) is 6.88. The third-order valence-electron chi connectivity index (χ3n) is 4.88. The van der Waals surface area contributed by atoms with Gasteiger partial charge >= 0.3 is 0 Å². The van der Waals surface area contributed by atoms with Crippen molar-refractivity contribution >= 4 is 23.6 Å². The van der Waals surface area contributed by atoms with Crippen LogP contribution >= 0.6 is 11.6 Å². The van der Waals surface area contributed by atoms with Crippen LogP contribution in [0.1, 0.15) is 24.8 Å². The van der Waals surface area contributed by atoms with Crippen molar-refractivity contribution in [2.45, 2.75) is 25.4 Å². The van der Waals surface area contributed by atoms with Gasteiger partial charge in [-0.2, -0.15) is 0 Å². The van der Waals surface area contributed by atoms with Crippen LogP contribution in [0.4, 0.5) is 0 Å². The highest BCUT2D eigenvalue weighted by Gasteiger charge is 2.27. The first-order valence-electron chi connectivity index (χ1n) is 8.73. The van der Waals surface area contributed by atoms with Gasteiger partial charge in [0.05, 0.1) is 6.10 Å². The number of aliphatic hydroxyl groups excluding tert-OH is 1. The summed E-state index contributed by atoms with van der Waals surface area (Å²) >= 11 is 5.87. The zero-order chi connectivity index (χ0) is 16.9. The lowest BCUT2D eigenvalue weighted by Gasteiger charge is -2.34. The summed E-state index contributed by atoms with van der Waals surface area (Å²) in [5.41, 5.74) is 0.979. The van der Waals surface area contributed by atoms with Crippen LogP contribution in [0.2, 0.25) is 5.02 Å². The maximum absolute atomic E-state index is 12.4. The van der Waals surface area contributed by atoms with Crippen molar-refractivity contribution in [1.29, 1.82) is 0 Å². The quantitative estimate of drug-likeness (QED) is 0.851. The summed E-state index contributed by atoms with van der Waals surface area (Å²) in [7, 11) is 0. The molecule has 0 spiro atoms. The first-order valence-corrected chi connectivity index (χ1v) is 9.11. The number of carbonyl (C=O) groups is 1. The topological polar surface area (TPSA) is 43.8 Å². The Morgan fingerprint density at radius 1 is 1.21 bits per heavy atom. The Bertz CT molecular complexity index is 588. The van der Waals surface area contributed by atoms with Gasteiger partial charge in [-0.25, -0.2) is 0 Å². The summed E-state index contributed by atoms with van der Waals surface area (Å²) in [4.78, 5) is 16.7. The van der Waals surface area contributed by atoms with Gasteiger partial charge in [0.25, 0.3) is 0 Å². The molecule has 0 radical (unpaired) electrons. The van der Waals surface area contributed by atoms with E-state index < -0.39 is 0 Å². The summed E-state index contributed by atoms with van der Waals surface area (Å²) in [5, 5.41) is 10.3. The first kappa shape index (κ1) is 17.5. The fraction of sp³-hybridized carbons (Fsp3) is 0.526. The van der Waals surface area contributed by atoms with E-state index in [0.29, 0.717) is 10.9 Å². The fourth-order valence-electron chi connectivity index (χ4n) is 3.60. The van der Waals surface area contributed by atoms with Crippen LogP contribution in [-0.2, 0) is 4.79 Å². The monoisotopic (exact) mass is 348 g/mol. The number of β-amino-alcohol motifs (C(OH)–C–C–N with tert-alkyl or cyclic N) is 1. The summed E-state index contributed by atoms with van der Waals surface area (Å²) in [5.74, 6) is 0.591. The third kappa shape index (κ3) is 4.82. The molecular weight excluding hydrogens is 324 g/mol. The van der Waals surface area contributed by atoms with Gasteiger partial charge in [0.15, 0.2) is 0 Å². The molecule has 2 fully saturated rings. The molecular formula is C19H25ClN2O2. The summed E-state index contributed by atoms with van der Waals surface area (Å²) in [6.45, 7) is 4.39. The molecule has 0 bridgehead atoms. The van der Waals surface area contributed by atoms with Crippen LogP contribution in [0.5, 0.6) is 0 Å². The van der Waals surface area contributed by atoms with E-state index in [1.54, 1.807) is 6.08 Å². The number of rotatable bonds is 4. The third-order valence-corrected chi connectivity index (χ3v) is 5.13. The Hall–Kier alpha value is -1.36. The lowest BCUT2D eigenvalue weighted by atomic mass is 9.97. The second kappa shape index (κ2) is 8.15. The van der Waals surface area contributed by atoms with E-state index >= 15 is 0 Å². The van der Waals surface area contributed by atoms with Gasteiger partial charge < -0.3 is 14.9 Å². The molecule has 2 saturated heterocycles. The molecule has 2 aliphatic heterocycles. The Morgan fingerprint density at radius 2 is 2.00 bits per heavy atom. The number of halogens is 1. The molecule has 3 rings (SSSR count). The standard InChI is InChI=1S/C19H25ClN2O2/c20-17-6-3-15(4-7-17)5-8-19(24)22-10-1-2-16(13-22)12-21-11-9-18(23)14-21/h3-8,16,18,23H,1-2,9-14H2/b8-5+. The van der Waals surface area contributed by atoms with Gasteiger partial charge in [-0.1, -0.05) is 23.7 Å². The van der Waals surface area contributed by atoms with Crippen molar-refractivity contribution < 1.29 is 9.90 Å². The molecule has 2 aliphatic rings. The molecule has 24 heavy (non-hydrogen) atoms. The fourth-order valence-corrected chi connectivity index (χ4v) is 3.73. The Kier molecular flexibility index (Phi) is 5.93. The van der Waals surface area contributed by atoms with Crippen molar-refractivity contribution in [2.24, 2.45) is 5.92 Å². The van der Waals surface area contributed by atoms with E-state index in [4.69, 9.17) is 11.6 Å². The Balaban J connectivity index is 1.52. The predicted octanol–water partition coefficient (Wildman–Crippen LogP) is 2.66. The number of amides is 1. The van der Waals surface area contributed by atoms with Crippen LogP contribution < -0.4 is 0 Å². The molecule has 4 nitrogen and oxygen atoms in total. The molecule has 0 aromatic heterocycles. The van der Waals surface area contributed by atoms with E-state index in [9.17, 15) is 9.90 Å². The highest BCUT2D eigenvalue weighted by molar-refractivity contribution is 6.30. The van der Waals surface area contributed by atoms with E-state index in [0.717, 1.165) is 57.5 Å². The van der Waals surface area contributed by atoms with Crippen LogP contribution in [0.25, 0.3) is 6.08 Å². The van der Waals surface area contributed by atoms with Crippen LogP contribution in [0.15, 0.2) is 30.3 Å². The molecule has 5 heteroatoms. The average molecular weight is 349 g/mol. The molecule has 1 N–H and O–H groups in total. The number of piperidine rings is 1. The van der Waals surface area contributed by atoms with Crippen molar-refractivity contribution in [3.8, 4) is 0 Å². The number of benzene rings is 1. The van der Waals surface area contributed by atoms with Crippen molar-refractivity contribution in [3.05, 3.63) is 40.9 Å². The van der Waals surface area contributed by atoms with Gasteiger partial charge in [0.2, 0.25) is 5.91 Å². The number of carbonyl (C=O) groups excluding carboxylic acids is 1. The zero-order valence-electron chi connectivity index (χ0n) is 13.9. The zero-order valence-corrected chi connectivity index (χ0v) is 14.7. The molecule has 0 saturated carbocycles. The number of hydrogen-bond acceptors (Lipinski definition) is 3.